The zero-order chi connectivity index (χ0) is 76.5. The molecule has 3 saturated carbocycles. The van der Waals surface area contributed by atoms with Crippen LogP contribution in [0.3, 0.4) is 0 Å². The van der Waals surface area contributed by atoms with E-state index in [1.165, 1.54) is 75.0 Å². The molecular weight excluding hydrogens is 1380 g/mol. The average molecular weight is 1490 g/mol. The first-order valence-corrected chi connectivity index (χ1v) is 38.0. The first kappa shape index (κ1) is 84.1. The summed E-state index contributed by atoms with van der Waals surface area (Å²) in [7, 11) is 9.67. The van der Waals surface area contributed by atoms with E-state index in [1.54, 1.807) is 18.7 Å². The van der Waals surface area contributed by atoms with Gasteiger partial charge in [0.25, 0.3) is 0 Å². The van der Waals surface area contributed by atoms with Crippen LogP contribution in [-0.2, 0) is 70.1 Å². The Morgan fingerprint density at radius 3 is 1.84 bits per heavy atom. The molecule has 582 valence electrons. The molecule has 6 aliphatic rings. The van der Waals surface area contributed by atoms with Crippen LogP contribution >= 0.6 is 11.6 Å². The van der Waals surface area contributed by atoms with Crippen LogP contribution < -0.4 is 16.0 Å². The number of rotatable bonds is 14. The number of aryl methyl sites for hydroxylation is 1. The number of carbonyl (C=O) groups is 12. The van der Waals surface area contributed by atoms with Crippen molar-refractivity contribution in [1.82, 2.24) is 60.0 Å². The predicted molar refractivity (Wildman–Crippen MR) is 379 cm³/mol. The highest BCUT2D eigenvalue weighted by Gasteiger charge is 2.52. The summed E-state index contributed by atoms with van der Waals surface area (Å²) in [6.45, 7) is 2.32. The molecule has 30 heteroatoms. The van der Waals surface area contributed by atoms with Crippen molar-refractivity contribution in [3.63, 3.8) is 0 Å². The maximum atomic E-state index is 15.8. The van der Waals surface area contributed by atoms with E-state index in [1.807, 2.05) is 0 Å². The number of halogens is 6. The van der Waals surface area contributed by atoms with E-state index in [4.69, 9.17) is 11.6 Å². The van der Waals surface area contributed by atoms with Gasteiger partial charge in [-0.2, -0.15) is 13.2 Å². The van der Waals surface area contributed by atoms with Crippen molar-refractivity contribution in [1.29, 1.82) is 0 Å². The Bertz CT molecular complexity index is 3200. The van der Waals surface area contributed by atoms with Gasteiger partial charge < -0.3 is 60.0 Å². The van der Waals surface area contributed by atoms with Crippen LogP contribution in [0.15, 0.2) is 18.2 Å². The molecule has 1 spiro atoms. The molecule has 3 saturated heterocycles. The number of likely N-dealkylation sites (N-methyl/N-ethyl adjacent to an activating group) is 7. The fourth-order valence-electron chi connectivity index (χ4n) is 16.1. The second-order valence-electron chi connectivity index (χ2n) is 30.2. The third-order valence-corrected chi connectivity index (χ3v) is 23.1. The highest BCUT2D eigenvalue weighted by molar-refractivity contribution is 6.31. The third kappa shape index (κ3) is 21.8. The van der Waals surface area contributed by atoms with E-state index in [0.717, 1.165) is 76.7 Å². The van der Waals surface area contributed by atoms with Gasteiger partial charge in [0, 0.05) is 75.4 Å². The van der Waals surface area contributed by atoms with E-state index in [9.17, 15) is 50.7 Å². The number of alkyl halides is 5. The lowest BCUT2D eigenvalue weighted by Crippen LogP contribution is -2.65. The second-order valence-corrected chi connectivity index (χ2v) is 30.6. The number of carbonyl (C=O) groups excluding carboxylic acids is 12. The van der Waals surface area contributed by atoms with Crippen LogP contribution in [0.25, 0.3) is 0 Å². The summed E-state index contributed by atoms with van der Waals surface area (Å²) in [6, 6.07) is -6.14. The Labute approximate surface area is 614 Å². The fourth-order valence-corrected chi connectivity index (χ4v) is 16.4. The molecule has 8 atom stereocenters. The summed E-state index contributed by atoms with van der Waals surface area (Å²) in [4.78, 5) is 191. The highest BCUT2D eigenvalue weighted by Crippen LogP contribution is 2.39. The molecule has 104 heavy (non-hydrogen) atoms. The number of likely N-dealkylation sites (tertiary alicyclic amines) is 1. The Hall–Kier alpha value is -7.20. The van der Waals surface area contributed by atoms with E-state index in [-0.39, 0.29) is 75.8 Å². The standard InChI is InChI=1S/C74H112ClF5N12O12/c1-10-47(2)63-70(102)86(5)45-61(95)84(3)46-62(96)88(7)56(42-48-25-14-11-15-26-48)68(100)85(4)44-59(93)81-53(35-33-49-32-34-51(52(75)41-49)74(78,79)80)67(99)92-40-24-30-55(92)66(98)83-73(36-20-21-37-73)72(104)90(9)64(50-27-16-12-17-28-50)71(103)89(8)57(69(101)91-38-22-13-23-39-91)43-60(94)87(6)54(65(97)82-63)29-18-19-31-58(76)77/h32,34,41,47-48,50,53-58,63-64H,10-31,33,35-40,42-46H2,1-9H3,(H,81,93)(H,82,97)(H,83,98)/t47-,53-,54?,55-,56-,57-,63-,64-/m0/s1. The average Bonchev–Trinajstić information content (AvgIpc) is 1.44. The van der Waals surface area contributed by atoms with Gasteiger partial charge >= 0.3 is 6.18 Å². The van der Waals surface area contributed by atoms with Gasteiger partial charge in [0.15, 0.2) is 0 Å². The number of nitrogens with zero attached hydrogens (tertiary/aromatic N) is 9. The Morgan fingerprint density at radius 2 is 1.22 bits per heavy atom. The molecule has 3 N–H and O–H groups in total. The van der Waals surface area contributed by atoms with Gasteiger partial charge in [0.2, 0.25) is 77.3 Å². The quantitative estimate of drug-likeness (QED) is 0.123. The number of amides is 12. The third-order valence-electron chi connectivity index (χ3n) is 22.8. The van der Waals surface area contributed by atoms with Crippen molar-refractivity contribution in [2.75, 3.05) is 88.6 Å². The predicted octanol–water partition coefficient (Wildman–Crippen LogP) is 7.20. The second kappa shape index (κ2) is 38.4. The number of fused-ring (bicyclic) bond motifs is 1. The molecule has 7 rings (SSSR count). The van der Waals surface area contributed by atoms with Crippen molar-refractivity contribution >= 4 is 82.5 Å². The van der Waals surface area contributed by atoms with Gasteiger partial charge in [-0.15, -0.1) is 0 Å². The maximum Gasteiger partial charge on any atom is 0.417 e. The number of benzene rings is 1. The minimum atomic E-state index is -4.77. The Kier molecular flexibility index (Phi) is 31.0. The first-order chi connectivity index (χ1) is 49.2. The SMILES string of the molecule is CC[C@H](C)[C@@H]1NC(=O)C(CCCCC(F)F)N(C)C(=O)C[C@@H](C(=O)N2CCCCC2)N(C)C(=O)[C@H](C2CCCCC2)N(C)C(=O)C2(CCCC2)NC(=O)[C@@H]2CCCN2C(=O)[C@H](CCc2ccc(C(F)(F)F)c(Cl)c2)NC(=O)CN(C)C(=O)[C@H](CC2CCCCC2)N(C)C(=O)CN(C)C(=O)CN(C)C1=O. The van der Waals surface area contributed by atoms with Crippen LogP contribution in [0, 0.1) is 17.8 Å². The minimum Gasteiger partial charge on any atom is -0.343 e. The topological polar surface area (TPSA) is 270 Å². The van der Waals surface area contributed by atoms with Crippen LogP contribution in [0.4, 0.5) is 22.0 Å². The smallest absolute Gasteiger partial charge is 0.343 e. The van der Waals surface area contributed by atoms with Crippen molar-refractivity contribution in [3.05, 3.63) is 34.3 Å². The largest absolute Gasteiger partial charge is 0.417 e. The van der Waals surface area contributed by atoms with Gasteiger partial charge in [-0.05, 0) is 125 Å². The lowest BCUT2D eigenvalue weighted by atomic mass is 9.81. The lowest BCUT2D eigenvalue weighted by molar-refractivity contribution is -0.157. The van der Waals surface area contributed by atoms with Crippen molar-refractivity contribution < 1.29 is 79.5 Å². The first-order valence-electron chi connectivity index (χ1n) is 37.6. The number of hydrogen-bond donors (Lipinski definition) is 3. The molecule has 3 aliphatic heterocycles. The number of piperidine rings is 1. The van der Waals surface area contributed by atoms with E-state index < -0.39 is 186 Å². The summed E-state index contributed by atoms with van der Waals surface area (Å²) >= 11 is 6.16. The summed E-state index contributed by atoms with van der Waals surface area (Å²) < 4.78 is 69.0. The molecule has 6 fully saturated rings. The van der Waals surface area contributed by atoms with Crippen molar-refractivity contribution in [3.8, 4) is 0 Å². The number of hydrogen-bond acceptors (Lipinski definition) is 12. The van der Waals surface area contributed by atoms with Crippen molar-refractivity contribution in [2.24, 2.45) is 17.8 Å². The van der Waals surface area contributed by atoms with Gasteiger partial charge in [0.1, 0.15) is 47.8 Å². The zero-order valence-electron chi connectivity index (χ0n) is 62.3. The highest BCUT2D eigenvalue weighted by atomic mass is 35.5. The van der Waals surface area contributed by atoms with Crippen LogP contribution in [-0.4, -0.2) is 258 Å². The number of nitrogens with one attached hydrogen (secondary N) is 3. The molecule has 24 nitrogen and oxygen atoms in total. The van der Waals surface area contributed by atoms with E-state index in [2.05, 4.69) is 16.0 Å². The van der Waals surface area contributed by atoms with Gasteiger partial charge in [-0.3, -0.25) is 57.5 Å². The van der Waals surface area contributed by atoms with E-state index in [0.29, 0.717) is 77.3 Å². The van der Waals surface area contributed by atoms with Crippen LogP contribution in [0.2, 0.25) is 5.02 Å². The summed E-state index contributed by atoms with van der Waals surface area (Å²) in [5.41, 5.74) is -2.41. The molecular formula is C74H112ClF5N12O12. The number of unbranched alkanes of at least 4 members (excludes halogenated alkanes) is 1. The molecule has 1 aromatic carbocycles. The lowest BCUT2D eigenvalue weighted by Gasteiger charge is -2.43. The van der Waals surface area contributed by atoms with Gasteiger partial charge in [-0.1, -0.05) is 109 Å². The van der Waals surface area contributed by atoms with Gasteiger partial charge in [0.05, 0.1) is 36.6 Å². The maximum absolute atomic E-state index is 15.8. The Balaban J connectivity index is 1.30. The molecule has 1 unspecified atom stereocenters. The Morgan fingerprint density at radius 1 is 0.615 bits per heavy atom. The molecule has 0 aromatic heterocycles. The van der Waals surface area contributed by atoms with Crippen molar-refractivity contribution in [2.45, 2.75) is 254 Å². The molecule has 0 radical (unpaired) electrons. The fraction of sp³-hybridized carbons (Fsp3) is 0.757. The molecule has 3 heterocycles. The molecule has 3 aliphatic carbocycles. The molecule has 12 amide bonds. The van der Waals surface area contributed by atoms with Crippen LogP contribution in [0.5, 0.6) is 0 Å². The summed E-state index contributed by atoms with van der Waals surface area (Å²) in [6.07, 6.45) is 2.74. The van der Waals surface area contributed by atoms with Crippen LogP contribution in [0.1, 0.15) is 198 Å². The van der Waals surface area contributed by atoms with E-state index >= 15 is 28.8 Å². The minimum absolute atomic E-state index is 0.00781. The molecule has 1 aromatic rings. The summed E-state index contributed by atoms with van der Waals surface area (Å²) in [5.74, 6) is -9.45. The monoisotopic (exact) mass is 1490 g/mol. The zero-order valence-corrected chi connectivity index (χ0v) is 63.1. The normalized spacial score (nSPS) is 26.4. The molecule has 0 bridgehead atoms. The summed E-state index contributed by atoms with van der Waals surface area (Å²) in [5, 5.41) is 8.04. The van der Waals surface area contributed by atoms with Gasteiger partial charge in [-0.25, -0.2) is 8.78 Å².